The highest BCUT2D eigenvalue weighted by atomic mass is 16.3. The lowest BCUT2D eigenvalue weighted by Gasteiger charge is -2.10. The lowest BCUT2D eigenvalue weighted by Crippen LogP contribution is -1.97. The van der Waals surface area contributed by atoms with Gasteiger partial charge in [-0.1, -0.05) is 0 Å². The van der Waals surface area contributed by atoms with Crippen LogP contribution in [0, 0.1) is 0 Å². The first-order valence-electron chi connectivity index (χ1n) is 7.52. The monoisotopic (exact) mass is 303 g/mol. The molecule has 0 atom stereocenters. The molecule has 0 saturated heterocycles. The van der Waals surface area contributed by atoms with E-state index in [1.54, 1.807) is 6.26 Å². The van der Waals surface area contributed by atoms with Crippen molar-refractivity contribution in [1.82, 2.24) is 14.1 Å². The fourth-order valence-electron chi connectivity index (χ4n) is 2.83. The van der Waals surface area contributed by atoms with E-state index in [0.717, 1.165) is 34.1 Å². The summed E-state index contributed by atoms with van der Waals surface area (Å²) < 4.78 is 9.73. The van der Waals surface area contributed by atoms with Crippen molar-refractivity contribution in [3.05, 3.63) is 67.2 Å². The fourth-order valence-corrected chi connectivity index (χ4v) is 2.83. The Balaban J connectivity index is 1.95. The summed E-state index contributed by atoms with van der Waals surface area (Å²) in [4.78, 5) is 4.87. The molecule has 0 saturated carbocycles. The third-order valence-corrected chi connectivity index (χ3v) is 4.04. The average Bonchev–Trinajstić information content (AvgIpc) is 3.28. The van der Waals surface area contributed by atoms with E-state index in [2.05, 4.69) is 33.4 Å². The second-order valence-electron chi connectivity index (χ2n) is 5.61. The number of aryl methyl sites for hydroxylation is 2. The normalized spacial score (nSPS) is 11.0. The zero-order valence-electron chi connectivity index (χ0n) is 13.1. The zero-order chi connectivity index (χ0) is 15.8. The molecule has 4 heterocycles. The first kappa shape index (κ1) is 13.6. The van der Waals surface area contributed by atoms with Crippen LogP contribution in [0.25, 0.3) is 34.1 Å². The molecule has 23 heavy (non-hydrogen) atoms. The molecule has 0 radical (unpaired) electrons. The van der Waals surface area contributed by atoms with Crippen molar-refractivity contribution >= 4 is 0 Å². The van der Waals surface area contributed by atoms with Gasteiger partial charge in [0.2, 0.25) is 0 Å². The van der Waals surface area contributed by atoms with Gasteiger partial charge in [-0.05, 0) is 48.5 Å². The molecule has 0 aromatic carbocycles. The number of pyridine rings is 1. The van der Waals surface area contributed by atoms with Gasteiger partial charge in [-0.2, -0.15) is 0 Å². The van der Waals surface area contributed by atoms with Gasteiger partial charge in [0, 0.05) is 32.1 Å². The molecule has 0 unspecified atom stereocenters. The van der Waals surface area contributed by atoms with E-state index in [4.69, 9.17) is 9.40 Å². The fraction of sp³-hybridized carbons (Fsp3) is 0.105. The van der Waals surface area contributed by atoms with Crippen molar-refractivity contribution in [2.75, 3.05) is 0 Å². The highest BCUT2D eigenvalue weighted by Gasteiger charge is 2.12. The maximum Gasteiger partial charge on any atom is 0.134 e. The van der Waals surface area contributed by atoms with E-state index < -0.39 is 0 Å². The standard InChI is InChI=1S/C19H17N3O/c1-21-9-3-6-17(21)15-12-14(19-8-5-11-23-19)13-16(20-15)18-7-4-10-22(18)2/h3-13H,1-2H3. The lowest BCUT2D eigenvalue weighted by atomic mass is 10.1. The molecular weight excluding hydrogens is 286 g/mol. The lowest BCUT2D eigenvalue weighted by molar-refractivity contribution is 0.582. The van der Waals surface area contributed by atoms with Crippen LogP contribution in [0.4, 0.5) is 0 Å². The van der Waals surface area contributed by atoms with E-state index in [-0.39, 0.29) is 0 Å². The van der Waals surface area contributed by atoms with Gasteiger partial charge in [-0.25, -0.2) is 4.98 Å². The van der Waals surface area contributed by atoms with Crippen molar-refractivity contribution in [1.29, 1.82) is 0 Å². The summed E-state index contributed by atoms with van der Waals surface area (Å²) in [5.74, 6) is 0.846. The molecule has 0 aliphatic carbocycles. The Labute approximate surface area is 134 Å². The maximum atomic E-state index is 5.58. The second kappa shape index (κ2) is 5.32. The molecular formula is C19H17N3O. The summed E-state index contributed by atoms with van der Waals surface area (Å²) in [6, 6.07) is 16.2. The molecule has 4 aromatic heterocycles. The minimum Gasteiger partial charge on any atom is -0.464 e. The third kappa shape index (κ3) is 2.38. The first-order valence-corrected chi connectivity index (χ1v) is 7.52. The highest BCUT2D eigenvalue weighted by Crippen LogP contribution is 2.30. The van der Waals surface area contributed by atoms with Gasteiger partial charge in [0.25, 0.3) is 0 Å². The Kier molecular flexibility index (Phi) is 3.15. The van der Waals surface area contributed by atoms with Gasteiger partial charge >= 0.3 is 0 Å². The predicted molar refractivity (Wildman–Crippen MR) is 90.8 cm³/mol. The molecule has 114 valence electrons. The molecule has 0 aliphatic rings. The van der Waals surface area contributed by atoms with E-state index in [1.807, 2.05) is 50.8 Å². The van der Waals surface area contributed by atoms with Crippen LogP contribution in [0.15, 0.2) is 71.6 Å². The Morgan fingerprint density at radius 1 is 0.826 bits per heavy atom. The molecule has 0 spiro atoms. The molecule has 0 aliphatic heterocycles. The Bertz CT molecular complexity index is 886. The molecule has 4 heteroatoms. The van der Waals surface area contributed by atoms with Crippen molar-refractivity contribution in [3.63, 3.8) is 0 Å². The Hall–Kier alpha value is -3.01. The van der Waals surface area contributed by atoms with Gasteiger partial charge < -0.3 is 13.6 Å². The van der Waals surface area contributed by atoms with Gasteiger partial charge in [-0.3, -0.25) is 0 Å². The van der Waals surface area contributed by atoms with Crippen LogP contribution in [0.2, 0.25) is 0 Å². The third-order valence-electron chi connectivity index (χ3n) is 4.04. The van der Waals surface area contributed by atoms with Crippen molar-refractivity contribution in [2.24, 2.45) is 14.1 Å². The maximum absolute atomic E-state index is 5.58. The summed E-state index contributed by atoms with van der Waals surface area (Å²) in [6.07, 6.45) is 5.75. The van der Waals surface area contributed by atoms with Gasteiger partial charge in [0.05, 0.1) is 29.0 Å². The van der Waals surface area contributed by atoms with Crippen LogP contribution >= 0.6 is 0 Å². The largest absolute Gasteiger partial charge is 0.464 e. The minimum atomic E-state index is 0.846. The van der Waals surface area contributed by atoms with Crippen LogP contribution < -0.4 is 0 Å². The summed E-state index contributed by atoms with van der Waals surface area (Å²) in [5.41, 5.74) is 5.05. The highest BCUT2D eigenvalue weighted by molar-refractivity contribution is 5.72. The Morgan fingerprint density at radius 2 is 1.43 bits per heavy atom. The smallest absolute Gasteiger partial charge is 0.134 e. The second-order valence-corrected chi connectivity index (χ2v) is 5.61. The molecule has 4 aromatic rings. The van der Waals surface area contributed by atoms with Gasteiger partial charge in [0.1, 0.15) is 5.76 Å². The molecule has 4 rings (SSSR count). The summed E-state index contributed by atoms with van der Waals surface area (Å²) in [7, 11) is 4.05. The summed E-state index contributed by atoms with van der Waals surface area (Å²) in [6.45, 7) is 0. The quantitative estimate of drug-likeness (QED) is 0.564. The number of aromatic nitrogens is 3. The van der Waals surface area contributed by atoms with E-state index in [0.29, 0.717) is 0 Å². The number of rotatable bonds is 3. The number of hydrogen-bond acceptors (Lipinski definition) is 2. The van der Waals surface area contributed by atoms with Gasteiger partial charge in [-0.15, -0.1) is 0 Å². The van der Waals surface area contributed by atoms with E-state index in [1.165, 1.54) is 0 Å². The number of nitrogens with zero attached hydrogens (tertiary/aromatic N) is 3. The van der Waals surface area contributed by atoms with Crippen molar-refractivity contribution in [3.8, 4) is 34.1 Å². The molecule has 0 fully saturated rings. The van der Waals surface area contributed by atoms with Crippen LogP contribution in [0.3, 0.4) is 0 Å². The Morgan fingerprint density at radius 3 is 1.87 bits per heavy atom. The molecule has 0 N–H and O–H groups in total. The van der Waals surface area contributed by atoms with Crippen molar-refractivity contribution < 1.29 is 4.42 Å². The predicted octanol–water partition coefficient (Wildman–Crippen LogP) is 4.35. The van der Waals surface area contributed by atoms with Gasteiger partial charge in [0.15, 0.2) is 0 Å². The van der Waals surface area contributed by atoms with E-state index in [9.17, 15) is 0 Å². The summed E-state index contributed by atoms with van der Waals surface area (Å²) >= 11 is 0. The molecule has 4 nitrogen and oxygen atoms in total. The topological polar surface area (TPSA) is 35.9 Å². The van der Waals surface area contributed by atoms with E-state index >= 15 is 0 Å². The molecule has 0 bridgehead atoms. The van der Waals surface area contributed by atoms with Crippen LogP contribution in [-0.2, 0) is 14.1 Å². The summed E-state index contributed by atoms with van der Waals surface area (Å²) in [5, 5.41) is 0. The van der Waals surface area contributed by atoms with Crippen molar-refractivity contribution in [2.45, 2.75) is 0 Å². The average molecular weight is 303 g/mol. The SMILES string of the molecule is Cn1cccc1-c1cc(-c2ccco2)cc(-c2cccn2C)n1. The number of furan rings is 1. The van der Waals surface area contributed by atoms with Crippen LogP contribution in [-0.4, -0.2) is 14.1 Å². The first-order chi connectivity index (χ1) is 11.2. The number of hydrogen-bond donors (Lipinski definition) is 0. The van der Waals surface area contributed by atoms with Crippen LogP contribution in [0.5, 0.6) is 0 Å². The minimum absolute atomic E-state index is 0.846. The van der Waals surface area contributed by atoms with Crippen LogP contribution in [0.1, 0.15) is 0 Å². The zero-order valence-corrected chi connectivity index (χ0v) is 13.1. The molecule has 0 amide bonds.